The standard InChI is InChI=1S/C19H23N3OS/c23-18(16-7-3-5-13-4-1-2-6-15(13)16)22-19-21-12-17(24-19)14-8-10-20-11-9-14/h1-2,4,6,12,14,16,20H,3,5,7-11H2,(H,21,22,23). The minimum Gasteiger partial charge on any atom is -0.317 e. The van der Waals surface area contributed by atoms with Gasteiger partial charge >= 0.3 is 0 Å². The van der Waals surface area contributed by atoms with Crippen molar-refractivity contribution in [3.05, 3.63) is 46.5 Å². The van der Waals surface area contributed by atoms with Crippen molar-refractivity contribution in [3.63, 3.8) is 0 Å². The van der Waals surface area contributed by atoms with Crippen LogP contribution in [0.1, 0.15) is 53.5 Å². The molecule has 0 spiro atoms. The number of aryl methyl sites for hydroxylation is 1. The number of hydrogen-bond donors (Lipinski definition) is 2. The Labute approximate surface area is 146 Å². The van der Waals surface area contributed by atoms with Crippen LogP contribution in [0.4, 0.5) is 5.13 Å². The molecule has 1 unspecified atom stereocenters. The van der Waals surface area contributed by atoms with E-state index in [2.05, 4.69) is 33.8 Å². The Morgan fingerprint density at radius 2 is 2.04 bits per heavy atom. The number of rotatable bonds is 3. The highest BCUT2D eigenvalue weighted by Gasteiger charge is 2.27. The monoisotopic (exact) mass is 341 g/mol. The van der Waals surface area contributed by atoms with Crippen molar-refractivity contribution < 1.29 is 4.79 Å². The molecule has 1 aliphatic heterocycles. The summed E-state index contributed by atoms with van der Waals surface area (Å²) in [5.74, 6) is 0.638. The first-order valence-corrected chi connectivity index (χ1v) is 9.68. The van der Waals surface area contributed by atoms with E-state index in [1.807, 2.05) is 12.3 Å². The molecule has 5 heteroatoms. The van der Waals surface area contributed by atoms with Crippen LogP contribution >= 0.6 is 11.3 Å². The molecule has 4 rings (SSSR count). The van der Waals surface area contributed by atoms with Crippen LogP contribution in [0.5, 0.6) is 0 Å². The van der Waals surface area contributed by atoms with E-state index in [0.717, 1.165) is 50.3 Å². The van der Waals surface area contributed by atoms with Gasteiger partial charge in [-0.1, -0.05) is 24.3 Å². The smallest absolute Gasteiger partial charge is 0.233 e. The molecule has 4 nitrogen and oxygen atoms in total. The minimum absolute atomic E-state index is 0.0406. The second-order valence-electron chi connectivity index (χ2n) is 6.72. The van der Waals surface area contributed by atoms with Crippen LogP contribution in [0.15, 0.2) is 30.5 Å². The Bertz CT molecular complexity index is 721. The van der Waals surface area contributed by atoms with Gasteiger partial charge in [-0.05, 0) is 62.2 Å². The van der Waals surface area contributed by atoms with E-state index in [4.69, 9.17) is 0 Å². The zero-order valence-corrected chi connectivity index (χ0v) is 14.6. The lowest BCUT2D eigenvalue weighted by Gasteiger charge is -2.24. The fourth-order valence-electron chi connectivity index (χ4n) is 3.86. The summed E-state index contributed by atoms with van der Waals surface area (Å²) in [5, 5.41) is 7.20. The summed E-state index contributed by atoms with van der Waals surface area (Å²) in [7, 11) is 0. The zero-order chi connectivity index (χ0) is 16.4. The number of nitrogens with one attached hydrogen (secondary N) is 2. The van der Waals surface area contributed by atoms with E-state index in [1.54, 1.807) is 11.3 Å². The number of benzene rings is 1. The molecule has 1 aromatic heterocycles. The lowest BCUT2D eigenvalue weighted by molar-refractivity contribution is -0.117. The van der Waals surface area contributed by atoms with Gasteiger partial charge in [0.25, 0.3) is 0 Å². The summed E-state index contributed by atoms with van der Waals surface area (Å²) in [6, 6.07) is 8.34. The molecule has 24 heavy (non-hydrogen) atoms. The molecule has 0 radical (unpaired) electrons. The van der Waals surface area contributed by atoms with Gasteiger partial charge in [-0.25, -0.2) is 4.98 Å². The maximum Gasteiger partial charge on any atom is 0.233 e. The molecule has 1 amide bonds. The first-order chi connectivity index (χ1) is 11.8. The van der Waals surface area contributed by atoms with E-state index in [1.165, 1.54) is 16.0 Å². The van der Waals surface area contributed by atoms with E-state index in [9.17, 15) is 4.79 Å². The maximum atomic E-state index is 12.8. The highest BCUT2D eigenvalue weighted by molar-refractivity contribution is 7.15. The molecule has 1 atom stereocenters. The van der Waals surface area contributed by atoms with Crippen LogP contribution in [0, 0.1) is 0 Å². The summed E-state index contributed by atoms with van der Waals surface area (Å²) >= 11 is 1.64. The summed E-state index contributed by atoms with van der Waals surface area (Å²) in [5.41, 5.74) is 2.51. The topological polar surface area (TPSA) is 54.0 Å². The van der Waals surface area contributed by atoms with Gasteiger partial charge in [-0.3, -0.25) is 4.79 Å². The summed E-state index contributed by atoms with van der Waals surface area (Å²) in [6.07, 6.45) is 7.35. The Balaban J connectivity index is 1.46. The molecule has 126 valence electrons. The average Bonchev–Trinajstić information content (AvgIpc) is 3.10. The van der Waals surface area contributed by atoms with Gasteiger partial charge in [0.1, 0.15) is 0 Å². The average molecular weight is 341 g/mol. The molecule has 1 saturated heterocycles. The third-order valence-corrected chi connectivity index (χ3v) is 6.26. The van der Waals surface area contributed by atoms with Gasteiger partial charge < -0.3 is 10.6 Å². The Morgan fingerprint density at radius 1 is 1.21 bits per heavy atom. The Morgan fingerprint density at radius 3 is 2.92 bits per heavy atom. The van der Waals surface area contributed by atoms with Crippen LogP contribution in [0.3, 0.4) is 0 Å². The number of fused-ring (bicyclic) bond motifs is 1. The van der Waals surface area contributed by atoms with E-state index in [0.29, 0.717) is 5.92 Å². The lowest BCUT2D eigenvalue weighted by atomic mass is 9.82. The number of amides is 1. The lowest BCUT2D eigenvalue weighted by Crippen LogP contribution is -2.26. The third-order valence-electron chi connectivity index (χ3n) is 5.18. The minimum atomic E-state index is -0.0406. The number of thiazole rings is 1. The molecule has 1 aromatic carbocycles. The van der Waals surface area contributed by atoms with Gasteiger partial charge in [0.15, 0.2) is 5.13 Å². The van der Waals surface area contributed by atoms with Crippen LogP contribution in [0.2, 0.25) is 0 Å². The SMILES string of the molecule is O=C(Nc1ncc(C2CCNCC2)s1)C1CCCc2ccccc21. The summed E-state index contributed by atoms with van der Waals surface area (Å²) in [4.78, 5) is 18.5. The predicted octanol–water partition coefficient (Wildman–Crippen LogP) is 3.67. The molecule has 2 aromatic rings. The van der Waals surface area contributed by atoms with Crippen LogP contribution in [-0.2, 0) is 11.2 Å². The van der Waals surface area contributed by atoms with Crippen molar-refractivity contribution >= 4 is 22.4 Å². The van der Waals surface area contributed by atoms with Gasteiger partial charge in [0, 0.05) is 11.1 Å². The first kappa shape index (κ1) is 15.8. The Kier molecular flexibility index (Phi) is 4.63. The van der Waals surface area contributed by atoms with Crippen molar-refractivity contribution in [2.24, 2.45) is 0 Å². The van der Waals surface area contributed by atoms with Gasteiger partial charge in [0.2, 0.25) is 5.91 Å². The second-order valence-corrected chi connectivity index (χ2v) is 7.79. The highest BCUT2D eigenvalue weighted by atomic mass is 32.1. The third kappa shape index (κ3) is 3.23. The largest absolute Gasteiger partial charge is 0.317 e. The van der Waals surface area contributed by atoms with E-state index < -0.39 is 0 Å². The number of hydrogen-bond acceptors (Lipinski definition) is 4. The maximum absolute atomic E-state index is 12.8. The molecule has 1 fully saturated rings. The molecule has 2 aliphatic rings. The number of aromatic nitrogens is 1. The van der Waals surface area contributed by atoms with Crippen molar-refractivity contribution in [1.82, 2.24) is 10.3 Å². The normalized spacial score (nSPS) is 21.2. The summed E-state index contributed by atoms with van der Waals surface area (Å²) in [6.45, 7) is 2.15. The quantitative estimate of drug-likeness (QED) is 0.896. The fourth-order valence-corrected chi connectivity index (χ4v) is 4.85. The predicted molar refractivity (Wildman–Crippen MR) is 97.7 cm³/mol. The molecule has 1 aliphatic carbocycles. The molecule has 0 saturated carbocycles. The van der Waals surface area contributed by atoms with Crippen molar-refractivity contribution in [1.29, 1.82) is 0 Å². The van der Waals surface area contributed by atoms with Crippen LogP contribution < -0.4 is 10.6 Å². The zero-order valence-electron chi connectivity index (χ0n) is 13.8. The number of carbonyl (C=O) groups excluding carboxylic acids is 1. The molecule has 2 N–H and O–H groups in total. The van der Waals surface area contributed by atoms with E-state index >= 15 is 0 Å². The van der Waals surface area contributed by atoms with Crippen molar-refractivity contribution in [2.45, 2.75) is 43.9 Å². The van der Waals surface area contributed by atoms with Crippen LogP contribution in [-0.4, -0.2) is 24.0 Å². The molecule has 2 heterocycles. The van der Waals surface area contributed by atoms with Crippen molar-refractivity contribution in [2.75, 3.05) is 18.4 Å². The highest BCUT2D eigenvalue weighted by Crippen LogP contribution is 2.34. The van der Waals surface area contributed by atoms with Gasteiger partial charge in [-0.2, -0.15) is 0 Å². The molecular weight excluding hydrogens is 318 g/mol. The number of piperidine rings is 1. The summed E-state index contributed by atoms with van der Waals surface area (Å²) < 4.78 is 0. The fraction of sp³-hybridized carbons (Fsp3) is 0.474. The molecule has 0 bridgehead atoms. The van der Waals surface area contributed by atoms with Gasteiger partial charge in [0.05, 0.1) is 5.92 Å². The molecular formula is C19H23N3OS. The van der Waals surface area contributed by atoms with Crippen LogP contribution in [0.25, 0.3) is 0 Å². The number of nitrogens with zero attached hydrogens (tertiary/aromatic N) is 1. The second kappa shape index (κ2) is 7.03. The number of carbonyl (C=O) groups is 1. The van der Waals surface area contributed by atoms with Gasteiger partial charge in [-0.15, -0.1) is 11.3 Å². The van der Waals surface area contributed by atoms with E-state index in [-0.39, 0.29) is 11.8 Å². The van der Waals surface area contributed by atoms with Crippen molar-refractivity contribution in [3.8, 4) is 0 Å². The number of anilines is 1. The Hall–Kier alpha value is -1.72. The first-order valence-electron chi connectivity index (χ1n) is 8.86.